The van der Waals surface area contributed by atoms with Gasteiger partial charge in [0, 0.05) is 31.0 Å². The summed E-state index contributed by atoms with van der Waals surface area (Å²) >= 11 is 0. The highest BCUT2D eigenvalue weighted by molar-refractivity contribution is 5.81. The van der Waals surface area contributed by atoms with Gasteiger partial charge in [-0.2, -0.15) is 0 Å². The lowest BCUT2D eigenvalue weighted by Crippen LogP contribution is -2.48. The third-order valence-corrected chi connectivity index (χ3v) is 6.43. The predicted molar refractivity (Wildman–Crippen MR) is 118 cm³/mol. The van der Waals surface area contributed by atoms with Crippen molar-refractivity contribution in [2.45, 2.75) is 63.8 Å². The van der Waals surface area contributed by atoms with Crippen LogP contribution in [0.2, 0.25) is 0 Å². The number of ether oxygens (including phenoxy) is 2. The molecule has 2 saturated heterocycles. The van der Waals surface area contributed by atoms with Gasteiger partial charge in [0.15, 0.2) is 0 Å². The monoisotopic (exact) mass is 421 g/mol. The first-order chi connectivity index (χ1) is 15.2. The van der Waals surface area contributed by atoms with Gasteiger partial charge in [-0.05, 0) is 43.2 Å². The average Bonchev–Trinajstić information content (AvgIpc) is 3.07. The van der Waals surface area contributed by atoms with Gasteiger partial charge in [-0.1, -0.05) is 60.7 Å². The number of benzene rings is 2. The van der Waals surface area contributed by atoms with Crippen LogP contribution in [-0.4, -0.2) is 35.5 Å². The van der Waals surface area contributed by atoms with E-state index in [1.54, 1.807) is 0 Å². The minimum absolute atomic E-state index is 0.0600. The van der Waals surface area contributed by atoms with Crippen molar-refractivity contribution in [2.24, 2.45) is 5.92 Å². The van der Waals surface area contributed by atoms with Crippen LogP contribution in [0.4, 0.5) is 4.79 Å². The molecule has 31 heavy (non-hydrogen) atoms. The largest absolute Gasteiger partial charge is 0.445 e. The molecule has 2 fully saturated rings. The number of amides is 1. The Morgan fingerprint density at radius 1 is 0.839 bits per heavy atom. The van der Waals surface area contributed by atoms with Gasteiger partial charge < -0.3 is 14.4 Å². The van der Waals surface area contributed by atoms with E-state index < -0.39 is 0 Å². The Morgan fingerprint density at radius 2 is 1.42 bits per heavy atom. The maximum absolute atomic E-state index is 12.7. The topological polar surface area (TPSA) is 55.8 Å². The van der Waals surface area contributed by atoms with E-state index in [1.807, 2.05) is 65.6 Å². The van der Waals surface area contributed by atoms with E-state index in [9.17, 15) is 9.59 Å². The summed E-state index contributed by atoms with van der Waals surface area (Å²) in [5, 5.41) is 0. The summed E-state index contributed by atoms with van der Waals surface area (Å²) in [4.78, 5) is 27.3. The average molecular weight is 422 g/mol. The summed E-state index contributed by atoms with van der Waals surface area (Å²) in [6.07, 6.45) is 4.53. The molecule has 0 aliphatic carbocycles. The second-order valence-electron chi connectivity index (χ2n) is 8.61. The van der Waals surface area contributed by atoms with E-state index in [-0.39, 0.29) is 24.1 Å². The molecule has 5 nitrogen and oxygen atoms in total. The number of ketones is 1. The molecular weight excluding hydrogens is 390 g/mol. The van der Waals surface area contributed by atoms with Crippen LogP contribution >= 0.6 is 0 Å². The van der Waals surface area contributed by atoms with Crippen molar-refractivity contribution in [1.82, 2.24) is 4.90 Å². The molecule has 0 spiro atoms. The zero-order chi connectivity index (χ0) is 21.5. The van der Waals surface area contributed by atoms with Gasteiger partial charge in [0.25, 0.3) is 0 Å². The molecule has 2 aliphatic rings. The Morgan fingerprint density at radius 3 is 2.03 bits per heavy atom. The van der Waals surface area contributed by atoms with E-state index in [4.69, 9.17) is 9.47 Å². The Hall–Kier alpha value is -2.66. The maximum Gasteiger partial charge on any atom is 0.410 e. The zero-order valence-corrected chi connectivity index (χ0v) is 17.9. The maximum atomic E-state index is 12.7. The molecule has 5 heteroatoms. The van der Waals surface area contributed by atoms with Gasteiger partial charge in [-0.3, -0.25) is 4.79 Å². The number of carbonyl (C=O) groups excluding carboxylic acids is 2. The van der Waals surface area contributed by atoms with Gasteiger partial charge in [0.05, 0.1) is 6.61 Å². The molecule has 1 amide bonds. The van der Waals surface area contributed by atoms with Crippen LogP contribution in [0.5, 0.6) is 0 Å². The second kappa shape index (κ2) is 10.6. The fourth-order valence-electron chi connectivity index (χ4n) is 4.85. The highest BCUT2D eigenvalue weighted by Crippen LogP contribution is 2.40. The Bertz CT molecular complexity index is 840. The molecule has 2 aromatic rings. The van der Waals surface area contributed by atoms with Gasteiger partial charge >= 0.3 is 6.09 Å². The molecule has 2 unspecified atom stereocenters. The number of fused-ring (bicyclic) bond motifs is 2. The second-order valence-corrected chi connectivity index (χ2v) is 8.61. The van der Waals surface area contributed by atoms with Crippen molar-refractivity contribution in [2.75, 3.05) is 6.61 Å². The quantitative estimate of drug-likeness (QED) is 0.527. The molecule has 0 N–H and O–H groups in total. The van der Waals surface area contributed by atoms with E-state index >= 15 is 0 Å². The zero-order valence-electron chi connectivity index (χ0n) is 17.9. The summed E-state index contributed by atoms with van der Waals surface area (Å²) in [7, 11) is 0. The number of piperidine rings is 1. The molecule has 2 aromatic carbocycles. The molecule has 4 rings (SSSR count). The molecular formula is C26H31NO4. The highest BCUT2D eigenvalue weighted by Gasteiger charge is 2.45. The van der Waals surface area contributed by atoms with E-state index in [1.165, 1.54) is 0 Å². The lowest BCUT2D eigenvalue weighted by molar-refractivity contribution is -0.125. The fraction of sp³-hybridized carbons (Fsp3) is 0.462. The van der Waals surface area contributed by atoms with Crippen molar-refractivity contribution in [3.63, 3.8) is 0 Å². The number of hydrogen-bond donors (Lipinski definition) is 0. The van der Waals surface area contributed by atoms with Crippen LogP contribution in [0.1, 0.15) is 49.7 Å². The summed E-state index contributed by atoms with van der Waals surface area (Å²) in [5.41, 5.74) is 2.14. The van der Waals surface area contributed by atoms with Crippen molar-refractivity contribution in [1.29, 1.82) is 0 Å². The summed E-state index contributed by atoms with van der Waals surface area (Å²) in [6.45, 7) is 1.47. The van der Waals surface area contributed by atoms with Crippen LogP contribution in [0.15, 0.2) is 60.7 Å². The first-order valence-electron chi connectivity index (χ1n) is 11.3. The fourth-order valence-corrected chi connectivity index (χ4v) is 4.85. The van der Waals surface area contributed by atoms with Crippen LogP contribution < -0.4 is 0 Å². The minimum atomic E-state index is -0.239. The Labute approximate surface area is 184 Å². The lowest BCUT2D eigenvalue weighted by Gasteiger charge is -2.37. The first-order valence-corrected chi connectivity index (χ1v) is 11.3. The van der Waals surface area contributed by atoms with Gasteiger partial charge in [0.2, 0.25) is 0 Å². The van der Waals surface area contributed by atoms with Crippen molar-refractivity contribution >= 4 is 11.9 Å². The van der Waals surface area contributed by atoms with E-state index in [0.29, 0.717) is 32.0 Å². The van der Waals surface area contributed by atoms with Crippen molar-refractivity contribution in [3.8, 4) is 0 Å². The minimum Gasteiger partial charge on any atom is -0.445 e. The van der Waals surface area contributed by atoms with Crippen LogP contribution in [-0.2, 0) is 27.5 Å². The molecule has 0 radical (unpaired) electrons. The first kappa shape index (κ1) is 21.6. The lowest BCUT2D eigenvalue weighted by atomic mass is 9.86. The Balaban J connectivity index is 1.18. The number of nitrogens with zero attached hydrogens (tertiary/aromatic N) is 1. The number of Topliss-reactive ketones (excluding diaryl/α,β-unsaturated/α-hetero) is 1. The number of carbonyl (C=O) groups is 2. The summed E-state index contributed by atoms with van der Waals surface area (Å²) in [6, 6.07) is 20.1. The molecule has 2 heterocycles. The Kier molecular flexibility index (Phi) is 7.36. The predicted octanol–water partition coefficient (Wildman–Crippen LogP) is 5.13. The molecule has 164 valence electrons. The van der Waals surface area contributed by atoms with Crippen molar-refractivity contribution < 1.29 is 19.1 Å². The van der Waals surface area contributed by atoms with Crippen molar-refractivity contribution in [3.05, 3.63) is 71.8 Å². The van der Waals surface area contributed by atoms with Crippen LogP contribution in [0, 0.1) is 5.92 Å². The normalized spacial score (nSPS) is 22.3. The molecule has 2 atom stereocenters. The van der Waals surface area contributed by atoms with Crippen LogP contribution in [0.3, 0.4) is 0 Å². The summed E-state index contributed by atoms with van der Waals surface area (Å²) in [5.74, 6) is 0.377. The number of hydrogen-bond acceptors (Lipinski definition) is 4. The highest BCUT2D eigenvalue weighted by atomic mass is 16.6. The molecule has 0 saturated carbocycles. The molecule has 2 aliphatic heterocycles. The smallest absolute Gasteiger partial charge is 0.410 e. The van der Waals surface area contributed by atoms with Gasteiger partial charge in [-0.25, -0.2) is 4.79 Å². The summed E-state index contributed by atoms with van der Waals surface area (Å²) < 4.78 is 11.3. The number of rotatable bonds is 9. The third-order valence-electron chi connectivity index (χ3n) is 6.43. The van der Waals surface area contributed by atoms with Gasteiger partial charge in [-0.15, -0.1) is 0 Å². The third kappa shape index (κ3) is 5.73. The van der Waals surface area contributed by atoms with E-state index in [2.05, 4.69) is 0 Å². The van der Waals surface area contributed by atoms with E-state index in [0.717, 1.165) is 43.2 Å². The molecule has 2 bridgehead atoms. The molecule has 0 aromatic heterocycles. The van der Waals surface area contributed by atoms with Crippen LogP contribution in [0.25, 0.3) is 0 Å². The standard InChI is InChI=1S/C26H31NO4/c28-25(12-7-15-30-18-20-8-3-1-4-9-20)22-16-23-13-14-24(17-22)27(23)26(29)31-19-21-10-5-2-6-11-21/h1-6,8-11,22-24H,7,12-19H2. The van der Waals surface area contributed by atoms with Gasteiger partial charge in [0.1, 0.15) is 12.4 Å². The SMILES string of the molecule is O=C(CCCOCc1ccccc1)C1CC2CCC(C1)N2C(=O)OCc1ccccc1.